The number of fused-ring (bicyclic) bond motifs is 1. The molecule has 0 aliphatic carbocycles. The molecule has 0 bridgehead atoms. The molecular weight excluding hydrogens is 330 g/mol. The average Bonchev–Trinajstić information content (AvgIpc) is 3.12. The summed E-state index contributed by atoms with van der Waals surface area (Å²) in [6, 6.07) is 3.57. The van der Waals surface area contributed by atoms with Gasteiger partial charge in [0.05, 0.1) is 11.9 Å². The van der Waals surface area contributed by atoms with E-state index in [0.29, 0.717) is 16.8 Å². The molecule has 0 atom stereocenters. The van der Waals surface area contributed by atoms with Crippen molar-refractivity contribution in [3.8, 4) is 17.3 Å². The molecule has 0 aliphatic rings. The van der Waals surface area contributed by atoms with Crippen LogP contribution in [0.15, 0.2) is 29.5 Å². The normalized spacial score (nSPS) is 12.0. The zero-order chi connectivity index (χ0) is 17.6. The van der Waals surface area contributed by atoms with E-state index >= 15 is 0 Å². The van der Waals surface area contributed by atoms with Crippen LogP contribution in [0.25, 0.3) is 16.9 Å². The first-order valence-corrected chi connectivity index (χ1v) is 9.02. The molecule has 3 heterocycles. The van der Waals surface area contributed by atoms with Gasteiger partial charge < -0.3 is 0 Å². The highest BCUT2D eigenvalue weighted by molar-refractivity contribution is 7.89. The van der Waals surface area contributed by atoms with E-state index in [2.05, 4.69) is 10.1 Å². The van der Waals surface area contributed by atoms with Crippen molar-refractivity contribution in [1.82, 2.24) is 18.6 Å². The Morgan fingerprint density at radius 2 is 2.08 bits per heavy atom. The molecule has 8 nitrogen and oxygen atoms in total. The van der Waals surface area contributed by atoms with Gasteiger partial charge in [0.15, 0.2) is 5.65 Å². The summed E-state index contributed by atoms with van der Waals surface area (Å²) in [4.78, 5) is 17.2. The van der Waals surface area contributed by atoms with Crippen molar-refractivity contribution in [3.05, 3.63) is 46.1 Å². The predicted octanol–water partition coefficient (Wildman–Crippen LogP) is 1.29. The lowest BCUT2D eigenvalue weighted by molar-refractivity contribution is 0.593. The molecule has 1 N–H and O–H groups in total. The number of hydrogen-bond donors (Lipinski definition) is 1. The van der Waals surface area contributed by atoms with E-state index in [4.69, 9.17) is 5.26 Å². The molecule has 0 saturated carbocycles. The maximum Gasteiger partial charge on any atom is 0.276 e. The fourth-order valence-electron chi connectivity index (χ4n) is 2.57. The highest BCUT2D eigenvalue weighted by Crippen LogP contribution is 2.26. The molecule has 0 amide bonds. The molecule has 0 saturated heterocycles. The third-order valence-corrected chi connectivity index (χ3v) is 4.71. The number of hydrogen-bond acceptors (Lipinski definition) is 5. The SMILES string of the molecule is CC(C)c1c(-c2ccn(S(C)(=O)=O)c2)nc2c(C#N)c[nH]n2c1=O. The molecule has 9 heteroatoms. The Labute approximate surface area is 138 Å². The number of H-pyrrole nitrogens is 1. The van der Waals surface area contributed by atoms with E-state index in [1.165, 1.54) is 23.1 Å². The summed E-state index contributed by atoms with van der Waals surface area (Å²) < 4.78 is 25.6. The van der Waals surface area contributed by atoms with Crippen LogP contribution in [0.5, 0.6) is 0 Å². The minimum atomic E-state index is -3.43. The molecule has 0 unspecified atom stereocenters. The van der Waals surface area contributed by atoms with Gasteiger partial charge in [0.1, 0.15) is 11.6 Å². The fraction of sp³-hybridized carbons (Fsp3) is 0.267. The summed E-state index contributed by atoms with van der Waals surface area (Å²) in [5.74, 6) is -0.132. The van der Waals surface area contributed by atoms with Crippen molar-refractivity contribution in [1.29, 1.82) is 5.26 Å². The van der Waals surface area contributed by atoms with Crippen LogP contribution < -0.4 is 5.56 Å². The molecular formula is C15H15N5O3S. The van der Waals surface area contributed by atoms with Gasteiger partial charge in [0, 0.05) is 29.7 Å². The van der Waals surface area contributed by atoms with Crippen LogP contribution in [0, 0.1) is 11.3 Å². The Morgan fingerprint density at radius 3 is 2.62 bits per heavy atom. The van der Waals surface area contributed by atoms with Crippen molar-refractivity contribution >= 4 is 15.7 Å². The summed E-state index contributed by atoms with van der Waals surface area (Å²) in [6.45, 7) is 3.71. The second-order valence-electron chi connectivity index (χ2n) is 5.78. The van der Waals surface area contributed by atoms with Crippen molar-refractivity contribution in [2.75, 3.05) is 6.26 Å². The lowest BCUT2D eigenvalue weighted by atomic mass is 10.00. The quantitative estimate of drug-likeness (QED) is 0.768. The summed E-state index contributed by atoms with van der Waals surface area (Å²) in [7, 11) is -3.43. The van der Waals surface area contributed by atoms with Gasteiger partial charge in [-0.15, -0.1) is 0 Å². The first kappa shape index (κ1) is 16.0. The van der Waals surface area contributed by atoms with Crippen molar-refractivity contribution in [2.24, 2.45) is 0 Å². The average molecular weight is 345 g/mol. The maximum atomic E-state index is 12.8. The van der Waals surface area contributed by atoms with Crippen LogP contribution in [0.4, 0.5) is 0 Å². The number of nitrogens with zero attached hydrogens (tertiary/aromatic N) is 4. The van der Waals surface area contributed by atoms with Gasteiger partial charge in [-0.05, 0) is 12.0 Å². The molecule has 3 aromatic rings. The van der Waals surface area contributed by atoms with Gasteiger partial charge >= 0.3 is 0 Å². The second kappa shape index (κ2) is 5.35. The molecule has 0 radical (unpaired) electrons. The van der Waals surface area contributed by atoms with Crippen LogP contribution in [-0.4, -0.2) is 33.2 Å². The van der Waals surface area contributed by atoms with E-state index in [-0.39, 0.29) is 22.7 Å². The molecule has 0 fully saturated rings. The van der Waals surface area contributed by atoms with Gasteiger partial charge in [0.25, 0.3) is 5.56 Å². The van der Waals surface area contributed by atoms with Crippen LogP contribution in [-0.2, 0) is 10.0 Å². The Bertz CT molecular complexity index is 1140. The molecule has 124 valence electrons. The molecule has 24 heavy (non-hydrogen) atoms. The number of aromatic nitrogens is 4. The smallest absolute Gasteiger partial charge is 0.276 e. The molecule has 3 aromatic heterocycles. The zero-order valence-corrected chi connectivity index (χ0v) is 14.1. The Morgan fingerprint density at radius 1 is 1.38 bits per heavy atom. The molecule has 0 aliphatic heterocycles. The zero-order valence-electron chi connectivity index (χ0n) is 13.3. The standard InChI is InChI=1S/C15H15N5O3S/c1-9(2)12-13(10-4-5-19(8-10)24(3,22)23)18-14-11(6-16)7-17-20(14)15(12)21/h4-5,7-9,17H,1-3H3. The number of nitriles is 1. The number of rotatable bonds is 3. The van der Waals surface area contributed by atoms with Crippen LogP contribution >= 0.6 is 0 Å². The lowest BCUT2D eigenvalue weighted by Crippen LogP contribution is -2.22. The molecule has 0 spiro atoms. The van der Waals surface area contributed by atoms with Crippen molar-refractivity contribution in [3.63, 3.8) is 0 Å². The lowest BCUT2D eigenvalue weighted by Gasteiger charge is -2.10. The van der Waals surface area contributed by atoms with Gasteiger partial charge in [-0.3, -0.25) is 13.9 Å². The minimum absolute atomic E-state index is 0.132. The Balaban J connectivity index is 2.38. The third kappa shape index (κ3) is 2.41. The maximum absolute atomic E-state index is 12.8. The minimum Gasteiger partial charge on any atom is -0.295 e. The summed E-state index contributed by atoms with van der Waals surface area (Å²) in [6.07, 6.45) is 5.32. The van der Waals surface area contributed by atoms with Gasteiger partial charge in [0.2, 0.25) is 10.0 Å². The number of aromatic amines is 1. The molecule has 0 aromatic carbocycles. The van der Waals surface area contributed by atoms with E-state index in [1.807, 2.05) is 19.9 Å². The predicted molar refractivity (Wildman–Crippen MR) is 88.3 cm³/mol. The van der Waals surface area contributed by atoms with Crippen LogP contribution in [0.3, 0.4) is 0 Å². The van der Waals surface area contributed by atoms with Crippen molar-refractivity contribution < 1.29 is 8.42 Å². The summed E-state index contributed by atoms with van der Waals surface area (Å²) in [5.41, 5.74) is 1.49. The molecule has 3 rings (SSSR count). The first-order chi connectivity index (χ1) is 11.2. The Kier molecular flexibility index (Phi) is 3.57. The first-order valence-electron chi connectivity index (χ1n) is 7.17. The topological polar surface area (TPSA) is 113 Å². The summed E-state index contributed by atoms with van der Waals surface area (Å²) in [5, 5.41) is 11.9. The second-order valence-corrected chi connectivity index (χ2v) is 7.67. The van der Waals surface area contributed by atoms with E-state index < -0.39 is 10.0 Å². The third-order valence-electron chi connectivity index (χ3n) is 3.72. The largest absolute Gasteiger partial charge is 0.295 e. The monoisotopic (exact) mass is 345 g/mol. The summed E-state index contributed by atoms with van der Waals surface area (Å²) >= 11 is 0. The Hall–Kier alpha value is -2.86. The fourth-order valence-corrected chi connectivity index (χ4v) is 3.16. The van der Waals surface area contributed by atoms with Gasteiger partial charge in [-0.2, -0.15) is 5.26 Å². The van der Waals surface area contributed by atoms with E-state index in [9.17, 15) is 13.2 Å². The van der Waals surface area contributed by atoms with Gasteiger partial charge in [-0.1, -0.05) is 13.8 Å². The van der Waals surface area contributed by atoms with E-state index in [0.717, 1.165) is 10.2 Å². The van der Waals surface area contributed by atoms with E-state index in [1.54, 1.807) is 6.07 Å². The van der Waals surface area contributed by atoms with Crippen LogP contribution in [0.1, 0.15) is 30.9 Å². The van der Waals surface area contributed by atoms with Gasteiger partial charge in [-0.25, -0.2) is 17.9 Å². The van der Waals surface area contributed by atoms with Crippen LogP contribution in [0.2, 0.25) is 0 Å². The number of nitrogens with one attached hydrogen (secondary N) is 1. The highest BCUT2D eigenvalue weighted by atomic mass is 32.2. The highest BCUT2D eigenvalue weighted by Gasteiger charge is 2.21. The van der Waals surface area contributed by atoms with Crippen molar-refractivity contribution in [2.45, 2.75) is 19.8 Å².